The van der Waals surface area contributed by atoms with E-state index in [0.29, 0.717) is 19.6 Å². The summed E-state index contributed by atoms with van der Waals surface area (Å²) in [6, 6.07) is 0. The molecule has 3 heteroatoms. The quantitative estimate of drug-likeness (QED) is 0.508. The van der Waals surface area contributed by atoms with Gasteiger partial charge in [-0.3, -0.25) is 4.79 Å². The highest BCUT2D eigenvalue weighted by Gasteiger charge is 2.31. The normalized spacial score (nSPS) is 36.9. The summed E-state index contributed by atoms with van der Waals surface area (Å²) < 4.78 is 4.53. The third-order valence-electron chi connectivity index (χ3n) is 1.46. The van der Waals surface area contributed by atoms with Crippen molar-refractivity contribution in [1.29, 1.82) is 0 Å². The van der Waals surface area contributed by atoms with Crippen molar-refractivity contribution in [3.63, 3.8) is 0 Å². The average molecular weight is 146 g/mol. The maximum absolute atomic E-state index is 11.0. The van der Waals surface area contributed by atoms with Gasteiger partial charge >= 0.3 is 0 Å². The molecule has 0 N–H and O–H groups in total. The highest BCUT2D eigenvalue weighted by molar-refractivity contribution is 7.82. The lowest BCUT2D eigenvalue weighted by atomic mass is 10.0. The van der Waals surface area contributed by atoms with Crippen molar-refractivity contribution >= 4 is 18.4 Å². The Kier molecular flexibility index (Phi) is 1.82. The molecule has 1 saturated heterocycles. The van der Waals surface area contributed by atoms with E-state index in [1.54, 1.807) is 6.92 Å². The zero-order valence-corrected chi connectivity index (χ0v) is 6.28. The lowest BCUT2D eigenvalue weighted by Gasteiger charge is -2.26. The number of hydrogen-bond donors (Lipinski definition) is 1. The Labute approximate surface area is 60.0 Å². The van der Waals surface area contributed by atoms with Gasteiger partial charge in [-0.2, -0.15) is 12.6 Å². The first-order chi connectivity index (χ1) is 4.13. The Morgan fingerprint density at radius 2 is 2.44 bits per heavy atom. The van der Waals surface area contributed by atoms with Gasteiger partial charge in [0.25, 0.3) is 0 Å². The molecule has 1 fully saturated rings. The van der Waals surface area contributed by atoms with Crippen LogP contribution in [0.3, 0.4) is 0 Å². The molecule has 9 heavy (non-hydrogen) atoms. The van der Waals surface area contributed by atoms with E-state index in [1.807, 2.05) is 0 Å². The predicted octanol–water partition coefficient (Wildman–Crippen LogP) is 0.664. The van der Waals surface area contributed by atoms with Gasteiger partial charge in [-0.1, -0.05) is 0 Å². The molecule has 2 nitrogen and oxygen atoms in total. The Balaban J connectivity index is 2.60. The van der Waals surface area contributed by atoms with E-state index in [-0.39, 0.29) is 5.78 Å². The molecule has 0 radical (unpaired) electrons. The van der Waals surface area contributed by atoms with Crippen molar-refractivity contribution in [2.45, 2.75) is 18.1 Å². The third-order valence-corrected chi connectivity index (χ3v) is 1.84. The minimum absolute atomic E-state index is 0.192. The zero-order valence-electron chi connectivity index (χ0n) is 5.39. The van der Waals surface area contributed by atoms with Crippen molar-refractivity contribution in [2.75, 3.05) is 13.2 Å². The van der Waals surface area contributed by atoms with Crippen molar-refractivity contribution in [1.82, 2.24) is 0 Å². The summed E-state index contributed by atoms with van der Waals surface area (Å²) in [5, 5.41) is 0. The van der Waals surface area contributed by atoms with Crippen LogP contribution in [-0.4, -0.2) is 23.7 Å². The summed E-state index contributed by atoms with van der Waals surface area (Å²) >= 11 is 4.14. The molecule has 0 saturated carbocycles. The van der Waals surface area contributed by atoms with E-state index in [0.717, 1.165) is 0 Å². The molecular formula is C6H10O2S. The summed E-state index contributed by atoms with van der Waals surface area (Å²) in [4.78, 5) is 11.0. The third kappa shape index (κ3) is 1.46. The molecule has 0 aromatic heterocycles. The Bertz CT molecular complexity index is 131. The molecule has 1 unspecified atom stereocenters. The molecule has 1 heterocycles. The number of thiol groups is 1. The number of ether oxygens (including phenoxy) is 1. The molecule has 0 aromatic rings. The monoisotopic (exact) mass is 146 g/mol. The van der Waals surface area contributed by atoms with Gasteiger partial charge < -0.3 is 4.74 Å². The number of rotatable bonds is 0. The molecular weight excluding hydrogens is 136 g/mol. The van der Waals surface area contributed by atoms with Gasteiger partial charge in [0, 0.05) is 6.42 Å². The second kappa shape index (κ2) is 2.31. The first kappa shape index (κ1) is 7.09. The van der Waals surface area contributed by atoms with Gasteiger partial charge in [0.2, 0.25) is 0 Å². The number of Topliss-reactive ketones (excluding diaryl/α,β-unsaturated/α-hetero) is 1. The molecule has 1 rings (SSSR count). The van der Waals surface area contributed by atoms with Crippen LogP contribution in [0.5, 0.6) is 0 Å². The molecule has 1 aliphatic heterocycles. The highest BCUT2D eigenvalue weighted by Crippen LogP contribution is 2.20. The summed E-state index contributed by atoms with van der Waals surface area (Å²) in [6.45, 7) is 2.81. The van der Waals surface area contributed by atoms with Crippen LogP contribution in [0, 0.1) is 0 Å². The van der Waals surface area contributed by atoms with Crippen LogP contribution in [0.1, 0.15) is 13.3 Å². The largest absolute Gasteiger partial charge is 0.379 e. The van der Waals surface area contributed by atoms with Gasteiger partial charge in [0.05, 0.1) is 18.0 Å². The predicted molar refractivity (Wildman–Crippen MR) is 37.8 cm³/mol. The van der Waals surface area contributed by atoms with Crippen molar-refractivity contribution in [3.05, 3.63) is 0 Å². The Morgan fingerprint density at radius 3 is 2.78 bits per heavy atom. The van der Waals surface area contributed by atoms with E-state index in [4.69, 9.17) is 4.74 Å². The second-order valence-electron chi connectivity index (χ2n) is 2.50. The number of carbonyl (C=O) groups is 1. The van der Waals surface area contributed by atoms with Gasteiger partial charge in [0.1, 0.15) is 0 Å². The second-order valence-corrected chi connectivity index (χ2v) is 3.49. The van der Waals surface area contributed by atoms with Crippen LogP contribution in [0.15, 0.2) is 0 Å². The molecule has 1 aliphatic rings. The van der Waals surface area contributed by atoms with Crippen LogP contribution in [-0.2, 0) is 9.53 Å². The smallest absolute Gasteiger partial charge is 0.152 e. The highest BCUT2D eigenvalue weighted by atomic mass is 32.1. The fraction of sp³-hybridized carbons (Fsp3) is 0.833. The molecule has 0 aliphatic carbocycles. The molecule has 0 bridgehead atoms. The van der Waals surface area contributed by atoms with Crippen LogP contribution >= 0.6 is 12.6 Å². The lowest BCUT2D eigenvalue weighted by molar-refractivity contribution is -0.127. The minimum atomic E-state index is -0.530. The number of hydrogen-bond acceptors (Lipinski definition) is 3. The standard InChI is InChI=1S/C6H10O2S/c1-6(9)4-8-3-2-5(6)7/h9H,2-4H2,1H3. The number of carbonyl (C=O) groups excluding carboxylic acids is 1. The topological polar surface area (TPSA) is 26.3 Å². The maximum atomic E-state index is 11.0. The van der Waals surface area contributed by atoms with Crippen molar-refractivity contribution in [3.8, 4) is 0 Å². The first-order valence-corrected chi connectivity index (χ1v) is 3.41. The van der Waals surface area contributed by atoms with Crippen LogP contribution in [0.2, 0.25) is 0 Å². The number of ketones is 1. The summed E-state index contributed by atoms with van der Waals surface area (Å²) in [7, 11) is 0. The first-order valence-electron chi connectivity index (χ1n) is 2.96. The molecule has 0 spiro atoms. The summed E-state index contributed by atoms with van der Waals surface area (Å²) in [6.07, 6.45) is 0.514. The van der Waals surface area contributed by atoms with Crippen molar-refractivity contribution in [2.24, 2.45) is 0 Å². The van der Waals surface area contributed by atoms with Gasteiger partial charge in [0.15, 0.2) is 5.78 Å². The Hall–Kier alpha value is -0.0200. The van der Waals surface area contributed by atoms with Gasteiger partial charge in [-0.05, 0) is 6.92 Å². The fourth-order valence-electron chi connectivity index (χ4n) is 0.786. The Morgan fingerprint density at radius 1 is 1.78 bits per heavy atom. The van der Waals surface area contributed by atoms with E-state index >= 15 is 0 Å². The minimum Gasteiger partial charge on any atom is -0.379 e. The molecule has 0 amide bonds. The molecule has 0 aromatic carbocycles. The van der Waals surface area contributed by atoms with Crippen LogP contribution < -0.4 is 0 Å². The summed E-state index contributed by atoms with van der Waals surface area (Å²) in [5.74, 6) is 0.192. The average Bonchev–Trinajstić information content (AvgIpc) is 1.77. The van der Waals surface area contributed by atoms with Gasteiger partial charge in [-0.25, -0.2) is 0 Å². The van der Waals surface area contributed by atoms with Crippen molar-refractivity contribution < 1.29 is 9.53 Å². The van der Waals surface area contributed by atoms with E-state index in [1.165, 1.54) is 0 Å². The van der Waals surface area contributed by atoms with E-state index in [9.17, 15) is 4.79 Å². The van der Waals surface area contributed by atoms with Crippen LogP contribution in [0.25, 0.3) is 0 Å². The lowest BCUT2D eigenvalue weighted by Crippen LogP contribution is -2.39. The van der Waals surface area contributed by atoms with Crippen LogP contribution in [0.4, 0.5) is 0 Å². The summed E-state index contributed by atoms with van der Waals surface area (Å²) in [5.41, 5.74) is 0. The van der Waals surface area contributed by atoms with Gasteiger partial charge in [-0.15, -0.1) is 0 Å². The van der Waals surface area contributed by atoms with E-state index < -0.39 is 4.75 Å². The molecule has 52 valence electrons. The fourth-order valence-corrected chi connectivity index (χ4v) is 0.989. The SMILES string of the molecule is CC1(S)COCCC1=O. The molecule has 1 atom stereocenters. The maximum Gasteiger partial charge on any atom is 0.152 e. The zero-order chi connectivity index (χ0) is 6.91. The van der Waals surface area contributed by atoms with E-state index in [2.05, 4.69) is 12.6 Å².